The first-order valence-electron chi connectivity index (χ1n) is 10.4. The van der Waals surface area contributed by atoms with Crippen molar-refractivity contribution in [2.45, 2.75) is 19.9 Å². The number of pyridine rings is 1. The fourth-order valence-corrected chi connectivity index (χ4v) is 4.17. The van der Waals surface area contributed by atoms with E-state index < -0.39 is 0 Å². The van der Waals surface area contributed by atoms with Gasteiger partial charge in [0.25, 0.3) is 5.91 Å². The molecule has 0 atom stereocenters. The smallest absolute Gasteiger partial charge is 0.255 e. The number of hydrogen-bond acceptors (Lipinski definition) is 3. The van der Waals surface area contributed by atoms with E-state index in [-0.39, 0.29) is 23.6 Å². The second-order valence-corrected chi connectivity index (χ2v) is 7.92. The van der Waals surface area contributed by atoms with Crippen LogP contribution in [0.15, 0.2) is 60.7 Å². The van der Waals surface area contributed by atoms with E-state index in [1.165, 1.54) is 24.3 Å². The van der Waals surface area contributed by atoms with E-state index in [1.54, 1.807) is 24.3 Å². The fraction of sp³-hybridized carbons (Fsp3) is 0.280. The monoisotopic (exact) mass is 421 g/mol. The van der Waals surface area contributed by atoms with Crippen molar-refractivity contribution in [3.05, 3.63) is 100 Å². The molecule has 0 radical (unpaired) electrons. The number of piperazine rings is 1. The van der Waals surface area contributed by atoms with E-state index in [0.717, 1.165) is 22.5 Å². The molecule has 0 saturated carbocycles. The number of carbonyl (C=O) groups is 1. The number of nitrogens with zero attached hydrogens (tertiary/aromatic N) is 3. The topological polar surface area (TPSA) is 36.4 Å². The number of halogens is 2. The highest BCUT2D eigenvalue weighted by Gasteiger charge is 2.29. The maximum atomic E-state index is 13.5. The second-order valence-electron chi connectivity index (χ2n) is 7.92. The highest BCUT2D eigenvalue weighted by molar-refractivity contribution is 5.95. The zero-order valence-corrected chi connectivity index (χ0v) is 17.7. The highest BCUT2D eigenvalue weighted by atomic mass is 19.1. The Morgan fingerprint density at radius 2 is 1.32 bits per heavy atom. The lowest BCUT2D eigenvalue weighted by molar-refractivity contribution is 0.0596. The van der Waals surface area contributed by atoms with E-state index >= 15 is 0 Å². The minimum Gasteiger partial charge on any atom is -0.336 e. The van der Waals surface area contributed by atoms with Gasteiger partial charge >= 0.3 is 0 Å². The molecule has 1 fully saturated rings. The molecule has 0 aliphatic carbocycles. The molecule has 1 aliphatic rings. The predicted octanol–water partition coefficient (Wildman–Crippen LogP) is 4.52. The number of aromatic nitrogens is 1. The summed E-state index contributed by atoms with van der Waals surface area (Å²) in [5.41, 5.74) is 4.13. The maximum Gasteiger partial charge on any atom is 0.255 e. The van der Waals surface area contributed by atoms with Gasteiger partial charge < -0.3 is 4.90 Å². The molecule has 1 saturated heterocycles. The zero-order valence-electron chi connectivity index (χ0n) is 17.7. The van der Waals surface area contributed by atoms with Crippen molar-refractivity contribution in [3.63, 3.8) is 0 Å². The number of amides is 1. The van der Waals surface area contributed by atoms with Crippen LogP contribution in [0.1, 0.15) is 38.9 Å². The SMILES string of the molecule is Cc1ccc(C(=O)N2CCN(C(c3ccc(F)cc3)c3ccc(F)cc3)CC2)c(C)n1. The molecule has 6 heteroatoms. The van der Waals surface area contributed by atoms with Crippen molar-refractivity contribution >= 4 is 5.91 Å². The van der Waals surface area contributed by atoms with Crippen LogP contribution in [-0.4, -0.2) is 46.9 Å². The molecular formula is C25H25F2N3O. The summed E-state index contributed by atoms with van der Waals surface area (Å²) in [6, 6.07) is 16.4. The minimum atomic E-state index is -0.293. The van der Waals surface area contributed by atoms with E-state index in [4.69, 9.17) is 0 Å². The van der Waals surface area contributed by atoms with Gasteiger partial charge in [-0.15, -0.1) is 0 Å². The minimum absolute atomic E-state index is 0.00948. The van der Waals surface area contributed by atoms with Crippen LogP contribution in [0.2, 0.25) is 0 Å². The molecule has 2 aromatic carbocycles. The molecule has 4 rings (SSSR count). The summed E-state index contributed by atoms with van der Waals surface area (Å²) in [6.45, 7) is 6.23. The number of aryl methyl sites for hydroxylation is 2. The van der Waals surface area contributed by atoms with E-state index in [9.17, 15) is 13.6 Å². The molecule has 1 aromatic heterocycles. The number of benzene rings is 2. The van der Waals surface area contributed by atoms with Gasteiger partial charge in [0.05, 0.1) is 17.3 Å². The van der Waals surface area contributed by atoms with Gasteiger partial charge in [-0.2, -0.15) is 0 Å². The summed E-state index contributed by atoms with van der Waals surface area (Å²) in [5, 5.41) is 0. The quantitative estimate of drug-likeness (QED) is 0.621. The third kappa shape index (κ3) is 4.64. The Kier molecular flexibility index (Phi) is 6.09. The molecule has 0 unspecified atom stereocenters. The first-order valence-corrected chi connectivity index (χ1v) is 10.4. The first-order chi connectivity index (χ1) is 14.9. The van der Waals surface area contributed by atoms with Crippen LogP contribution in [0.3, 0.4) is 0 Å². The van der Waals surface area contributed by atoms with Crippen LogP contribution < -0.4 is 0 Å². The van der Waals surface area contributed by atoms with Gasteiger partial charge in [-0.3, -0.25) is 14.7 Å². The molecule has 0 spiro atoms. The van der Waals surface area contributed by atoms with Gasteiger partial charge in [0.2, 0.25) is 0 Å². The summed E-state index contributed by atoms with van der Waals surface area (Å²) >= 11 is 0. The highest BCUT2D eigenvalue weighted by Crippen LogP contribution is 2.30. The molecule has 160 valence electrons. The van der Waals surface area contributed by atoms with Crippen molar-refractivity contribution < 1.29 is 13.6 Å². The van der Waals surface area contributed by atoms with Crippen molar-refractivity contribution in [1.82, 2.24) is 14.8 Å². The van der Waals surface area contributed by atoms with Crippen LogP contribution in [0.5, 0.6) is 0 Å². The first kappa shape index (κ1) is 21.1. The van der Waals surface area contributed by atoms with Crippen LogP contribution in [-0.2, 0) is 0 Å². The van der Waals surface area contributed by atoms with Gasteiger partial charge in [-0.25, -0.2) is 8.78 Å². The van der Waals surface area contributed by atoms with Crippen molar-refractivity contribution in [3.8, 4) is 0 Å². The van der Waals surface area contributed by atoms with Crippen LogP contribution in [0.25, 0.3) is 0 Å². The van der Waals surface area contributed by atoms with Gasteiger partial charge in [-0.1, -0.05) is 24.3 Å². The Hall–Kier alpha value is -3.12. The second kappa shape index (κ2) is 8.94. The summed E-state index contributed by atoms with van der Waals surface area (Å²) in [5.74, 6) is -0.594. The lowest BCUT2D eigenvalue weighted by Crippen LogP contribution is -2.50. The Balaban J connectivity index is 1.54. The van der Waals surface area contributed by atoms with Crippen LogP contribution in [0, 0.1) is 25.5 Å². The summed E-state index contributed by atoms with van der Waals surface area (Å²) in [6.07, 6.45) is 0. The van der Waals surface area contributed by atoms with Crippen molar-refractivity contribution in [1.29, 1.82) is 0 Å². The van der Waals surface area contributed by atoms with Crippen LogP contribution >= 0.6 is 0 Å². The molecule has 0 bridgehead atoms. The molecule has 31 heavy (non-hydrogen) atoms. The lowest BCUT2D eigenvalue weighted by Gasteiger charge is -2.40. The summed E-state index contributed by atoms with van der Waals surface area (Å²) in [7, 11) is 0. The van der Waals surface area contributed by atoms with Gasteiger partial charge in [0.1, 0.15) is 11.6 Å². The average molecular weight is 421 g/mol. The molecule has 1 amide bonds. The Morgan fingerprint density at radius 3 is 1.81 bits per heavy atom. The van der Waals surface area contributed by atoms with E-state index in [1.807, 2.05) is 30.9 Å². The molecule has 1 aliphatic heterocycles. The Labute approximate surface area is 181 Å². The van der Waals surface area contributed by atoms with Crippen molar-refractivity contribution in [2.75, 3.05) is 26.2 Å². The molecular weight excluding hydrogens is 396 g/mol. The largest absolute Gasteiger partial charge is 0.336 e. The van der Waals surface area contributed by atoms with Gasteiger partial charge in [0, 0.05) is 31.9 Å². The number of hydrogen-bond donors (Lipinski definition) is 0. The molecule has 0 N–H and O–H groups in total. The fourth-order valence-electron chi connectivity index (χ4n) is 4.17. The lowest BCUT2D eigenvalue weighted by atomic mass is 9.96. The third-order valence-corrected chi connectivity index (χ3v) is 5.79. The maximum absolute atomic E-state index is 13.5. The Bertz CT molecular complexity index is 1010. The summed E-state index contributed by atoms with van der Waals surface area (Å²) < 4.78 is 27.0. The normalized spacial score (nSPS) is 14.8. The zero-order chi connectivity index (χ0) is 22.0. The van der Waals surface area contributed by atoms with Gasteiger partial charge in [0.15, 0.2) is 0 Å². The Morgan fingerprint density at radius 1 is 0.806 bits per heavy atom. The molecule has 3 aromatic rings. The van der Waals surface area contributed by atoms with Crippen LogP contribution in [0.4, 0.5) is 8.78 Å². The standard InChI is InChI=1S/C25H25F2N3O/c1-17-3-12-23(18(2)28-17)25(31)30-15-13-29(14-16-30)24(19-4-8-21(26)9-5-19)20-6-10-22(27)11-7-20/h3-12,24H,13-16H2,1-2H3. The van der Waals surface area contributed by atoms with Gasteiger partial charge in [-0.05, 0) is 61.4 Å². The van der Waals surface area contributed by atoms with Crippen molar-refractivity contribution in [2.24, 2.45) is 0 Å². The molecule has 4 nitrogen and oxygen atoms in total. The third-order valence-electron chi connectivity index (χ3n) is 5.79. The van der Waals surface area contributed by atoms with E-state index in [0.29, 0.717) is 31.7 Å². The number of carbonyl (C=O) groups excluding carboxylic acids is 1. The predicted molar refractivity (Wildman–Crippen MR) is 116 cm³/mol. The number of rotatable bonds is 4. The average Bonchev–Trinajstić information content (AvgIpc) is 2.77. The molecule has 2 heterocycles. The van der Waals surface area contributed by atoms with E-state index in [2.05, 4.69) is 9.88 Å². The summed E-state index contributed by atoms with van der Waals surface area (Å²) in [4.78, 5) is 21.5.